The van der Waals surface area contributed by atoms with Gasteiger partial charge in [0.15, 0.2) is 0 Å². The Morgan fingerprint density at radius 2 is 1.33 bits per heavy atom. The molecule has 0 saturated carbocycles. The van der Waals surface area contributed by atoms with E-state index in [0.29, 0.717) is 5.69 Å². The minimum Gasteiger partial charge on any atom is -0.507 e. The maximum Gasteiger partial charge on any atom is 0.264 e. The van der Waals surface area contributed by atoms with E-state index >= 15 is 0 Å². The molecule has 0 unspecified atom stereocenters. The number of benzene rings is 2. The van der Waals surface area contributed by atoms with Gasteiger partial charge in [0.1, 0.15) is 5.75 Å². The lowest BCUT2D eigenvalue weighted by Crippen LogP contribution is -2.31. The van der Waals surface area contributed by atoms with E-state index in [1.165, 1.54) is 4.31 Å². The molecule has 0 aliphatic rings. The van der Waals surface area contributed by atoms with Crippen LogP contribution >= 0.6 is 0 Å². The zero-order valence-corrected chi connectivity index (χ0v) is 23.9. The Morgan fingerprint density at radius 3 is 1.75 bits per heavy atom. The number of rotatable bonds is 5. The molecule has 1 N–H and O–H groups in total. The van der Waals surface area contributed by atoms with Gasteiger partial charge in [0.2, 0.25) is 0 Å². The zero-order chi connectivity index (χ0) is 27.1. The monoisotopic (exact) mass is 508 g/mol. The summed E-state index contributed by atoms with van der Waals surface area (Å²) in [5.74, 6) is 0.271. The third-order valence-corrected chi connectivity index (χ3v) is 8.14. The molecule has 0 atom stereocenters. The van der Waals surface area contributed by atoms with Gasteiger partial charge in [0.05, 0.1) is 23.3 Å². The molecule has 5 nitrogen and oxygen atoms in total. The molecule has 2 aromatic carbocycles. The molecule has 36 heavy (non-hydrogen) atoms. The van der Waals surface area contributed by atoms with Crippen LogP contribution in [0.15, 0.2) is 65.8 Å². The van der Waals surface area contributed by atoms with Crippen molar-refractivity contribution in [1.29, 1.82) is 0 Å². The highest BCUT2D eigenvalue weighted by Gasteiger charge is 2.30. The molecule has 0 fully saturated rings. The first-order chi connectivity index (χ1) is 16.4. The van der Waals surface area contributed by atoms with Crippen LogP contribution in [-0.2, 0) is 32.8 Å². The Balaban J connectivity index is 2.17. The predicted octanol–water partition coefficient (Wildman–Crippen LogP) is 7.08. The minimum absolute atomic E-state index is 0.0793. The number of sulfonamides is 1. The molecular formula is C30H40N2O3S. The number of phenolic OH excluding ortho intramolecular Hbond substituents is 1. The van der Waals surface area contributed by atoms with Crippen molar-refractivity contribution in [2.24, 2.45) is 0 Å². The first-order valence-electron chi connectivity index (χ1n) is 12.3. The van der Waals surface area contributed by atoms with Gasteiger partial charge in [0, 0.05) is 6.20 Å². The van der Waals surface area contributed by atoms with Crippen molar-refractivity contribution in [1.82, 2.24) is 4.98 Å². The maximum atomic E-state index is 14.0. The van der Waals surface area contributed by atoms with Crippen LogP contribution in [0.2, 0.25) is 0 Å². The number of hydrogen-bond acceptors (Lipinski definition) is 4. The van der Waals surface area contributed by atoms with Crippen molar-refractivity contribution >= 4 is 15.7 Å². The Labute approximate surface area is 217 Å². The fourth-order valence-electron chi connectivity index (χ4n) is 4.17. The van der Waals surface area contributed by atoms with Crippen LogP contribution in [0.5, 0.6) is 5.75 Å². The largest absolute Gasteiger partial charge is 0.507 e. The van der Waals surface area contributed by atoms with E-state index in [9.17, 15) is 13.5 Å². The Bertz CT molecular complexity index is 1270. The van der Waals surface area contributed by atoms with Crippen LogP contribution in [0.25, 0.3) is 0 Å². The zero-order valence-electron chi connectivity index (χ0n) is 23.0. The van der Waals surface area contributed by atoms with Crippen molar-refractivity contribution in [3.05, 3.63) is 83.2 Å². The van der Waals surface area contributed by atoms with E-state index in [-0.39, 0.29) is 33.4 Å². The average molecular weight is 509 g/mol. The lowest BCUT2D eigenvalue weighted by Gasteiger charge is -2.30. The summed E-state index contributed by atoms with van der Waals surface area (Å²) in [6.45, 7) is 18.7. The standard InChI is InChI=1S/C30H40N2O3S/c1-28(2,3)22-12-14-24(15-13-22)36(34,35)32(23-11-10-16-31-19-23)20-21-17-25(29(4,5)6)27(33)26(18-21)30(7,8)9/h10-19,33H,20H2,1-9H3. The molecule has 194 valence electrons. The van der Waals surface area contributed by atoms with Crippen molar-refractivity contribution in [2.45, 2.75) is 90.0 Å². The number of aromatic hydroxyl groups is 1. The van der Waals surface area contributed by atoms with Gasteiger partial charge < -0.3 is 5.11 Å². The lowest BCUT2D eigenvalue weighted by atomic mass is 9.78. The van der Waals surface area contributed by atoms with Crippen molar-refractivity contribution in [3.8, 4) is 5.75 Å². The predicted molar refractivity (Wildman–Crippen MR) is 148 cm³/mol. The number of hydrogen-bond donors (Lipinski definition) is 1. The molecule has 0 saturated heterocycles. The fourth-order valence-corrected chi connectivity index (χ4v) is 5.60. The van der Waals surface area contributed by atoms with Gasteiger partial charge in [-0.25, -0.2) is 8.42 Å². The van der Waals surface area contributed by atoms with Crippen molar-refractivity contribution in [3.63, 3.8) is 0 Å². The maximum absolute atomic E-state index is 14.0. The molecule has 1 aromatic heterocycles. The number of nitrogens with zero attached hydrogens (tertiary/aromatic N) is 2. The van der Waals surface area contributed by atoms with Crippen molar-refractivity contribution in [2.75, 3.05) is 4.31 Å². The fraction of sp³-hybridized carbons (Fsp3) is 0.433. The molecule has 0 bridgehead atoms. The highest BCUT2D eigenvalue weighted by atomic mass is 32.2. The summed E-state index contributed by atoms with van der Waals surface area (Å²) in [5.41, 5.74) is 3.23. The molecule has 0 amide bonds. The summed E-state index contributed by atoms with van der Waals surface area (Å²) >= 11 is 0. The average Bonchev–Trinajstić information content (AvgIpc) is 2.76. The van der Waals surface area contributed by atoms with Gasteiger partial charge in [-0.2, -0.15) is 0 Å². The van der Waals surface area contributed by atoms with Crippen LogP contribution in [0, 0.1) is 0 Å². The molecule has 0 aliphatic carbocycles. The van der Waals surface area contributed by atoms with Gasteiger partial charge in [-0.3, -0.25) is 9.29 Å². The highest BCUT2D eigenvalue weighted by molar-refractivity contribution is 7.92. The molecule has 3 aromatic rings. The van der Waals surface area contributed by atoms with Gasteiger partial charge in [-0.05, 0) is 74.9 Å². The molecule has 6 heteroatoms. The van der Waals surface area contributed by atoms with Gasteiger partial charge in [-0.15, -0.1) is 0 Å². The summed E-state index contributed by atoms with van der Waals surface area (Å²) in [7, 11) is -3.89. The second-order valence-corrected chi connectivity index (χ2v) is 14.4. The third kappa shape index (κ3) is 5.92. The smallest absolute Gasteiger partial charge is 0.264 e. The summed E-state index contributed by atoms with van der Waals surface area (Å²) in [6.07, 6.45) is 3.19. The number of pyridine rings is 1. The van der Waals surface area contributed by atoms with E-state index in [2.05, 4.69) is 25.8 Å². The summed E-state index contributed by atoms with van der Waals surface area (Å²) in [4.78, 5) is 4.41. The Kier molecular flexibility index (Phi) is 7.35. The first kappa shape index (κ1) is 27.7. The third-order valence-electron chi connectivity index (χ3n) is 6.35. The Morgan fingerprint density at radius 1 is 0.806 bits per heavy atom. The molecule has 0 spiro atoms. The quantitative estimate of drug-likeness (QED) is 0.400. The molecule has 0 aliphatic heterocycles. The van der Waals surface area contributed by atoms with E-state index < -0.39 is 10.0 Å². The van der Waals surface area contributed by atoms with Gasteiger partial charge in [0.25, 0.3) is 10.0 Å². The second-order valence-electron chi connectivity index (χ2n) is 12.5. The lowest BCUT2D eigenvalue weighted by molar-refractivity contribution is 0.422. The SMILES string of the molecule is CC(C)(C)c1ccc(S(=O)(=O)N(Cc2cc(C(C)(C)C)c(O)c(C(C)(C)C)c2)c2cccnc2)cc1. The number of phenols is 1. The van der Waals surface area contributed by atoms with Crippen molar-refractivity contribution < 1.29 is 13.5 Å². The van der Waals surface area contributed by atoms with E-state index in [4.69, 9.17) is 0 Å². The molecular weight excluding hydrogens is 468 g/mol. The van der Waals surface area contributed by atoms with E-state index in [0.717, 1.165) is 22.3 Å². The van der Waals surface area contributed by atoms with Crippen LogP contribution in [0.4, 0.5) is 5.69 Å². The highest BCUT2D eigenvalue weighted by Crippen LogP contribution is 2.40. The molecule has 0 radical (unpaired) electrons. The number of aromatic nitrogens is 1. The second kappa shape index (κ2) is 9.55. The first-order valence-corrected chi connectivity index (χ1v) is 13.8. The van der Waals surface area contributed by atoms with Crippen LogP contribution in [0.3, 0.4) is 0 Å². The minimum atomic E-state index is -3.89. The van der Waals surface area contributed by atoms with Crippen LogP contribution in [-0.4, -0.2) is 18.5 Å². The van der Waals surface area contributed by atoms with Crippen LogP contribution in [0.1, 0.15) is 84.6 Å². The van der Waals surface area contributed by atoms with Gasteiger partial charge >= 0.3 is 0 Å². The molecule has 1 heterocycles. The molecule has 3 rings (SSSR count). The summed E-state index contributed by atoms with van der Waals surface area (Å²) in [5, 5.41) is 11.1. The normalized spacial score (nSPS) is 13.0. The summed E-state index contributed by atoms with van der Waals surface area (Å²) in [6, 6.07) is 14.4. The topological polar surface area (TPSA) is 70.5 Å². The summed E-state index contributed by atoms with van der Waals surface area (Å²) < 4.78 is 29.4. The van der Waals surface area contributed by atoms with E-state index in [1.54, 1.807) is 36.7 Å². The van der Waals surface area contributed by atoms with Gasteiger partial charge in [-0.1, -0.05) is 74.4 Å². The van der Waals surface area contributed by atoms with E-state index in [1.807, 2.05) is 65.8 Å². The number of anilines is 1. The Hall–Kier alpha value is -2.86. The van der Waals surface area contributed by atoms with Crippen LogP contribution < -0.4 is 4.31 Å².